The average Bonchev–Trinajstić information content (AvgIpc) is 3.31. The Bertz CT molecular complexity index is 1150. The van der Waals surface area contributed by atoms with Gasteiger partial charge in [-0.25, -0.2) is 9.97 Å². The molecule has 180 valence electrons. The largest absolute Gasteiger partial charge is 0.489 e. The number of anilines is 3. The normalized spacial score (nSPS) is 19.8. The molecule has 1 N–H and O–H groups in total. The maximum atomic E-state index is 6.70. The number of nitrogens with zero attached hydrogens (tertiary/aromatic N) is 5. The second-order valence-electron chi connectivity index (χ2n) is 9.67. The molecular weight excluding hydrogens is 492 g/mol. The van der Waals surface area contributed by atoms with Gasteiger partial charge in [-0.05, 0) is 64.7 Å². The number of benzene rings is 2. The summed E-state index contributed by atoms with van der Waals surface area (Å²) in [7, 11) is 6.50. The van der Waals surface area contributed by atoms with Crippen LogP contribution in [-0.4, -0.2) is 79.2 Å². The van der Waals surface area contributed by atoms with Crippen LogP contribution in [0.1, 0.15) is 19.3 Å². The highest BCUT2D eigenvalue weighted by Crippen LogP contribution is 2.38. The number of halogens is 1. The van der Waals surface area contributed by atoms with Crippen LogP contribution >= 0.6 is 15.9 Å². The van der Waals surface area contributed by atoms with Crippen LogP contribution in [0.25, 0.3) is 10.9 Å². The summed E-state index contributed by atoms with van der Waals surface area (Å²) < 4.78 is 7.72. The van der Waals surface area contributed by atoms with E-state index in [-0.39, 0.29) is 6.10 Å². The van der Waals surface area contributed by atoms with E-state index < -0.39 is 0 Å². The molecule has 1 atom stereocenters. The maximum Gasteiger partial charge on any atom is 0.145 e. The predicted molar refractivity (Wildman–Crippen MR) is 142 cm³/mol. The topological polar surface area (TPSA) is 56.8 Å². The lowest BCUT2D eigenvalue weighted by Gasteiger charge is -2.30. The van der Waals surface area contributed by atoms with Crippen LogP contribution in [0.4, 0.5) is 17.2 Å². The Balaban J connectivity index is 1.53. The quantitative estimate of drug-likeness (QED) is 0.499. The first kappa shape index (κ1) is 23.3. The number of fused-ring (bicyclic) bond motifs is 1. The van der Waals surface area contributed by atoms with Crippen molar-refractivity contribution in [2.45, 2.75) is 31.4 Å². The summed E-state index contributed by atoms with van der Waals surface area (Å²) in [6.45, 7) is 4.16. The van der Waals surface area contributed by atoms with Crippen molar-refractivity contribution < 1.29 is 4.74 Å². The first-order valence-electron chi connectivity index (χ1n) is 12.0. The van der Waals surface area contributed by atoms with Crippen molar-refractivity contribution in [1.82, 2.24) is 19.8 Å². The third kappa shape index (κ3) is 5.14. The second-order valence-corrected chi connectivity index (χ2v) is 10.6. The minimum atomic E-state index is 0.196. The molecule has 2 saturated heterocycles. The molecule has 3 heterocycles. The summed E-state index contributed by atoms with van der Waals surface area (Å²) in [5.41, 5.74) is 3.05. The number of hydrogen-bond acceptors (Lipinski definition) is 7. The molecule has 2 fully saturated rings. The van der Waals surface area contributed by atoms with Gasteiger partial charge in [0.15, 0.2) is 0 Å². The molecule has 0 unspecified atom stereocenters. The molecule has 8 heteroatoms. The van der Waals surface area contributed by atoms with Crippen molar-refractivity contribution in [3.05, 3.63) is 47.2 Å². The SMILES string of the molecule is CN1CCC(Oc2cc(N3CC[C@@H](N(C)C)C3)cc3ncnc(Nc4cccc(Br)c4)c23)CC1. The van der Waals surface area contributed by atoms with E-state index in [4.69, 9.17) is 4.74 Å². The number of likely N-dealkylation sites (N-methyl/N-ethyl adjacent to an activating group) is 1. The third-order valence-corrected chi connectivity index (χ3v) is 7.49. The molecule has 0 amide bonds. The monoisotopic (exact) mass is 524 g/mol. The van der Waals surface area contributed by atoms with E-state index in [9.17, 15) is 0 Å². The van der Waals surface area contributed by atoms with Crippen LogP contribution in [-0.2, 0) is 0 Å². The van der Waals surface area contributed by atoms with E-state index in [1.807, 2.05) is 24.3 Å². The van der Waals surface area contributed by atoms with E-state index in [1.54, 1.807) is 6.33 Å². The van der Waals surface area contributed by atoms with Crippen molar-refractivity contribution in [1.29, 1.82) is 0 Å². The van der Waals surface area contributed by atoms with Gasteiger partial charge >= 0.3 is 0 Å². The fourth-order valence-corrected chi connectivity index (χ4v) is 5.29. The lowest BCUT2D eigenvalue weighted by molar-refractivity contribution is 0.116. The van der Waals surface area contributed by atoms with Crippen LogP contribution in [0.2, 0.25) is 0 Å². The van der Waals surface area contributed by atoms with Crippen molar-refractivity contribution in [3.8, 4) is 5.75 Å². The fourth-order valence-electron chi connectivity index (χ4n) is 4.89. The lowest BCUT2D eigenvalue weighted by atomic mass is 10.1. The van der Waals surface area contributed by atoms with Gasteiger partial charge in [0.25, 0.3) is 0 Å². The number of ether oxygens (including phenoxy) is 1. The summed E-state index contributed by atoms with van der Waals surface area (Å²) in [6.07, 6.45) is 5.04. The number of likely N-dealkylation sites (tertiary alicyclic amines) is 1. The van der Waals surface area contributed by atoms with Crippen LogP contribution in [0.3, 0.4) is 0 Å². The Morgan fingerprint density at radius 2 is 1.88 bits per heavy atom. The zero-order valence-electron chi connectivity index (χ0n) is 20.2. The average molecular weight is 525 g/mol. The van der Waals surface area contributed by atoms with Gasteiger partial charge in [-0.3, -0.25) is 0 Å². The van der Waals surface area contributed by atoms with Crippen molar-refractivity contribution in [2.24, 2.45) is 0 Å². The van der Waals surface area contributed by atoms with Crippen molar-refractivity contribution >= 4 is 44.0 Å². The van der Waals surface area contributed by atoms with Gasteiger partial charge < -0.3 is 24.8 Å². The first-order valence-corrected chi connectivity index (χ1v) is 12.8. The van der Waals surface area contributed by atoms with Crippen molar-refractivity contribution in [2.75, 3.05) is 57.5 Å². The molecule has 1 aromatic heterocycles. The summed E-state index contributed by atoms with van der Waals surface area (Å²) in [6, 6.07) is 13.1. The van der Waals surface area contributed by atoms with Gasteiger partial charge in [0.05, 0.1) is 10.9 Å². The van der Waals surface area contributed by atoms with E-state index >= 15 is 0 Å². The number of rotatable bonds is 6. The zero-order valence-corrected chi connectivity index (χ0v) is 21.8. The molecule has 5 rings (SSSR count). The third-order valence-electron chi connectivity index (χ3n) is 6.99. The minimum absolute atomic E-state index is 0.196. The number of nitrogens with one attached hydrogen (secondary N) is 1. The summed E-state index contributed by atoms with van der Waals surface area (Å²) in [5.74, 6) is 1.64. The highest BCUT2D eigenvalue weighted by Gasteiger charge is 2.26. The van der Waals surface area contributed by atoms with Gasteiger partial charge in [0, 0.05) is 54.1 Å². The molecular formula is C26H33BrN6O. The first-order chi connectivity index (χ1) is 16.5. The van der Waals surface area contributed by atoms with E-state index in [0.717, 1.165) is 78.1 Å². The standard InChI is InChI=1S/C26H33BrN6O/c1-31(2)20-7-12-33(16-20)21-14-23-25(24(15-21)34-22-8-10-32(3)11-9-22)26(29-17-28-23)30-19-6-4-5-18(27)13-19/h4-6,13-15,17,20,22H,7-12,16H2,1-3H3,(H,28,29,30)/t20-/m1/s1. The minimum Gasteiger partial charge on any atom is -0.489 e. The zero-order chi connectivity index (χ0) is 23.7. The molecule has 0 aliphatic carbocycles. The highest BCUT2D eigenvalue weighted by atomic mass is 79.9. The molecule has 2 aliphatic heterocycles. The summed E-state index contributed by atoms with van der Waals surface area (Å²) in [5, 5.41) is 4.43. The molecule has 0 radical (unpaired) electrons. The number of aromatic nitrogens is 2. The second kappa shape index (κ2) is 10.1. The molecule has 3 aromatic rings. The van der Waals surface area contributed by atoms with Gasteiger partial charge in [-0.2, -0.15) is 0 Å². The van der Waals surface area contributed by atoms with E-state index in [2.05, 4.69) is 79.2 Å². The molecule has 0 spiro atoms. The Morgan fingerprint density at radius 1 is 1.06 bits per heavy atom. The fraction of sp³-hybridized carbons (Fsp3) is 0.462. The van der Waals surface area contributed by atoms with Gasteiger partial charge in [0.1, 0.15) is 24.0 Å². The molecule has 0 saturated carbocycles. The highest BCUT2D eigenvalue weighted by molar-refractivity contribution is 9.10. The van der Waals surface area contributed by atoms with Gasteiger partial charge in [-0.1, -0.05) is 22.0 Å². The predicted octanol–water partition coefficient (Wildman–Crippen LogP) is 4.75. The number of piperidine rings is 1. The molecule has 2 aromatic carbocycles. The van der Waals surface area contributed by atoms with Crippen LogP contribution in [0.5, 0.6) is 5.75 Å². The summed E-state index contributed by atoms with van der Waals surface area (Å²) in [4.78, 5) is 16.4. The van der Waals surface area contributed by atoms with Gasteiger partial charge in [0.2, 0.25) is 0 Å². The molecule has 0 bridgehead atoms. The molecule has 34 heavy (non-hydrogen) atoms. The Morgan fingerprint density at radius 3 is 2.62 bits per heavy atom. The number of hydrogen-bond donors (Lipinski definition) is 1. The Kier molecular flexibility index (Phi) is 6.90. The molecule has 2 aliphatic rings. The smallest absolute Gasteiger partial charge is 0.145 e. The van der Waals surface area contributed by atoms with E-state index in [0.29, 0.717) is 6.04 Å². The van der Waals surface area contributed by atoms with Crippen LogP contribution in [0, 0.1) is 0 Å². The Labute approximate surface area is 210 Å². The lowest BCUT2D eigenvalue weighted by Crippen LogP contribution is -2.35. The van der Waals surface area contributed by atoms with E-state index in [1.165, 1.54) is 5.69 Å². The van der Waals surface area contributed by atoms with Crippen LogP contribution in [0.15, 0.2) is 47.2 Å². The molecule has 7 nitrogen and oxygen atoms in total. The summed E-state index contributed by atoms with van der Waals surface area (Å²) >= 11 is 3.56. The Hall–Kier alpha value is -2.42. The van der Waals surface area contributed by atoms with Gasteiger partial charge in [-0.15, -0.1) is 0 Å². The van der Waals surface area contributed by atoms with Crippen LogP contribution < -0.4 is 15.0 Å². The maximum absolute atomic E-state index is 6.70. The van der Waals surface area contributed by atoms with Crippen molar-refractivity contribution in [3.63, 3.8) is 0 Å².